The number of nitrogens with one attached hydrogen (secondary N) is 2. The number of hydrogen-bond acceptors (Lipinski definition) is 6. The Bertz CT molecular complexity index is 1410. The fourth-order valence-corrected chi connectivity index (χ4v) is 5.86. The molecular weight excluding hydrogens is 568 g/mol. The Labute approximate surface area is 256 Å². The fourth-order valence-electron chi connectivity index (χ4n) is 5.86. The summed E-state index contributed by atoms with van der Waals surface area (Å²) in [6, 6.07) is 14.8. The quantitative estimate of drug-likeness (QED) is 0.512. The van der Waals surface area contributed by atoms with Crippen molar-refractivity contribution in [3.63, 3.8) is 0 Å². The molecule has 3 aliphatic rings. The zero-order chi connectivity index (χ0) is 31.1. The van der Waals surface area contributed by atoms with E-state index in [0.717, 1.165) is 18.1 Å². The molecule has 2 N–H and O–H groups in total. The first kappa shape index (κ1) is 31.3. The number of nitrogens with zero attached hydrogens (tertiary/aromatic N) is 3. The summed E-state index contributed by atoms with van der Waals surface area (Å²) < 4.78 is 34.0. The van der Waals surface area contributed by atoms with E-state index in [2.05, 4.69) is 20.8 Å². The molecule has 2 bridgehead atoms. The number of fused-ring (bicyclic) bond motifs is 2. The van der Waals surface area contributed by atoms with Crippen molar-refractivity contribution < 1.29 is 27.9 Å². The average Bonchev–Trinajstić information content (AvgIpc) is 3.67. The van der Waals surface area contributed by atoms with Crippen LogP contribution in [-0.4, -0.2) is 71.2 Å². The predicted octanol–water partition coefficient (Wildman–Crippen LogP) is 4.24. The summed E-state index contributed by atoms with van der Waals surface area (Å²) in [7, 11) is 0. The number of amides is 3. The van der Waals surface area contributed by atoms with Gasteiger partial charge in [0.05, 0.1) is 18.4 Å². The van der Waals surface area contributed by atoms with Crippen LogP contribution in [0.1, 0.15) is 63.0 Å². The molecule has 11 heteroatoms. The van der Waals surface area contributed by atoms with Crippen LogP contribution in [0.4, 0.5) is 8.78 Å². The normalized spacial score (nSPS) is 23.8. The van der Waals surface area contributed by atoms with E-state index < -0.39 is 35.9 Å². The number of ether oxygens (including phenoxy) is 1. The third kappa shape index (κ3) is 8.06. The number of carbonyl (C=O) groups is 3. The highest BCUT2D eigenvalue weighted by Gasteiger charge is 2.38. The first-order chi connectivity index (χ1) is 21.2. The minimum Gasteiger partial charge on any atom is -0.494 e. The summed E-state index contributed by atoms with van der Waals surface area (Å²) >= 11 is 0. The third-order valence-corrected chi connectivity index (χ3v) is 8.34. The summed E-state index contributed by atoms with van der Waals surface area (Å²) in [4.78, 5) is 42.2. The van der Waals surface area contributed by atoms with Gasteiger partial charge < -0.3 is 20.3 Å². The predicted molar refractivity (Wildman–Crippen MR) is 163 cm³/mol. The molecule has 0 aromatic heterocycles. The van der Waals surface area contributed by atoms with Gasteiger partial charge in [-0.25, -0.2) is 8.78 Å². The molecule has 1 fully saturated rings. The molecule has 0 spiro atoms. The van der Waals surface area contributed by atoms with Crippen LogP contribution in [0.2, 0.25) is 0 Å². The number of hydrogen-bond donors (Lipinski definition) is 2. The van der Waals surface area contributed by atoms with Crippen LogP contribution in [0.25, 0.3) is 0 Å². The monoisotopic (exact) mass is 607 g/mol. The number of benzene rings is 2. The largest absolute Gasteiger partial charge is 0.494 e. The highest BCUT2D eigenvalue weighted by molar-refractivity contribution is 6.12. The minimum absolute atomic E-state index is 0.0971. The first-order valence-electron chi connectivity index (χ1n) is 15.3. The van der Waals surface area contributed by atoms with Gasteiger partial charge >= 0.3 is 0 Å². The molecule has 3 aliphatic heterocycles. The smallest absolute Gasteiger partial charge is 0.285 e. The molecule has 44 heavy (non-hydrogen) atoms. The molecule has 0 saturated carbocycles. The van der Waals surface area contributed by atoms with Crippen molar-refractivity contribution in [2.24, 2.45) is 10.2 Å². The molecule has 9 nitrogen and oxygen atoms in total. The fraction of sp³-hybridized carbons (Fsp3) is 0.485. The number of likely N-dealkylation sites (tertiary alicyclic amines) is 1. The molecule has 234 valence electrons. The maximum absolute atomic E-state index is 14.0. The molecule has 3 amide bonds. The molecule has 3 atom stereocenters. The molecule has 0 aliphatic carbocycles. The number of halogens is 2. The van der Waals surface area contributed by atoms with E-state index >= 15 is 0 Å². The van der Waals surface area contributed by atoms with Gasteiger partial charge in [-0.3, -0.25) is 14.4 Å². The van der Waals surface area contributed by atoms with Crippen LogP contribution in [0, 0.1) is 0 Å². The Balaban J connectivity index is 1.43. The van der Waals surface area contributed by atoms with E-state index in [0.29, 0.717) is 69.6 Å². The van der Waals surface area contributed by atoms with Gasteiger partial charge in [0.1, 0.15) is 23.5 Å². The Hall–Kier alpha value is -4.15. The third-order valence-electron chi connectivity index (χ3n) is 8.34. The van der Waals surface area contributed by atoms with E-state index in [1.54, 1.807) is 4.90 Å². The number of carbonyl (C=O) groups excluding carboxylic acids is 3. The average molecular weight is 608 g/mol. The van der Waals surface area contributed by atoms with Crippen LogP contribution >= 0.6 is 0 Å². The Morgan fingerprint density at radius 1 is 0.977 bits per heavy atom. The summed E-state index contributed by atoms with van der Waals surface area (Å²) in [5.74, 6) is -3.41. The zero-order valence-corrected chi connectivity index (χ0v) is 24.9. The lowest BCUT2D eigenvalue weighted by atomic mass is 9.97. The highest BCUT2D eigenvalue weighted by atomic mass is 19.3. The summed E-state index contributed by atoms with van der Waals surface area (Å²) in [5, 5.41) is 13.7. The van der Waals surface area contributed by atoms with Gasteiger partial charge in [0, 0.05) is 32.7 Å². The standard InChI is InChI=1S/C33H39F2N5O4/c1-33(34,35)29-21-27(38-39-29)25-13-5-6-18-44-24-12-7-11-23(19-24)20-28(40-17-8-14-30(40)41)32(43)37-26(31(42)36-25)16-15-22-9-3-2-4-10-22/h2-4,7,9-12,19,25-26,28H,5-6,8,13-18,20-21H2,1H3,(H,36,42)(H,37,43)/t25-,26-,28-/m0/s1. The molecule has 0 unspecified atom stereocenters. The second-order valence-electron chi connectivity index (χ2n) is 11.8. The van der Waals surface area contributed by atoms with E-state index in [1.807, 2.05) is 54.6 Å². The van der Waals surface area contributed by atoms with Crippen LogP contribution in [0.5, 0.6) is 5.75 Å². The maximum Gasteiger partial charge on any atom is 0.285 e. The zero-order valence-electron chi connectivity index (χ0n) is 24.9. The van der Waals surface area contributed by atoms with Crippen LogP contribution in [0.15, 0.2) is 64.8 Å². The van der Waals surface area contributed by atoms with Crippen molar-refractivity contribution >= 4 is 29.1 Å². The molecule has 0 radical (unpaired) electrons. The summed E-state index contributed by atoms with van der Waals surface area (Å²) in [6.07, 6.45) is 3.74. The first-order valence-corrected chi connectivity index (χ1v) is 15.3. The molecule has 2 aromatic rings. The van der Waals surface area contributed by atoms with Gasteiger partial charge in [-0.1, -0.05) is 42.5 Å². The van der Waals surface area contributed by atoms with Gasteiger partial charge in [-0.2, -0.15) is 10.2 Å². The molecular formula is C33H39F2N5O4. The summed E-state index contributed by atoms with van der Waals surface area (Å²) in [5.41, 5.74) is 1.87. The lowest BCUT2D eigenvalue weighted by Crippen LogP contribution is -2.56. The lowest BCUT2D eigenvalue weighted by Gasteiger charge is -2.30. The number of rotatable bonds is 6. The Kier molecular flexibility index (Phi) is 10.0. The van der Waals surface area contributed by atoms with Crippen LogP contribution < -0.4 is 15.4 Å². The number of aryl methyl sites for hydroxylation is 1. The van der Waals surface area contributed by atoms with Crippen molar-refractivity contribution in [1.82, 2.24) is 15.5 Å². The molecule has 5 rings (SSSR count). The van der Waals surface area contributed by atoms with Gasteiger partial charge in [0.25, 0.3) is 5.92 Å². The van der Waals surface area contributed by atoms with E-state index in [9.17, 15) is 23.2 Å². The van der Waals surface area contributed by atoms with E-state index in [-0.39, 0.29) is 24.5 Å². The van der Waals surface area contributed by atoms with Gasteiger partial charge in [-0.15, -0.1) is 0 Å². The lowest BCUT2D eigenvalue weighted by molar-refractivity contribution is -0.138. The van der Waals surface area contributed by atoms with Gasteiger partial charge in [0.15, 0.2) is 0 Å². The van der Waals surface area contributed by atoms with Crippen LogP contribution in [0.3, 0.4) is 0 Å². The SMILES string of the molecule is CC(F)(F)C1=NN=C([C@@H]2CCCCOc3cccc(c3)C[C@H](N3CCCC3=O)C(=O)N[C@@H](CCc3ccccc3)C(=O)N2)C1. The second-order valence-corrected chi connectivity index (χ2v) is 11.8. The Morgan fingerprint density at radius 2 is 1.80 bits per heavy atom. The van der Waals surface area contributed by atoms with E-state index in [4.69, 9.17) is 4.74 Å². The van der Waals surface area contributed by atoms with Crippen molar-refractivity contribution in [2.75, 3.05) is 13.2 Å². The van der Waals surface area contributed by atoms with Crippen molar-refractivity contribution in [3.05, 3.63) is 65.7 Å². The topological polar surface area (TPSA) is 112 Å². The minimum atomic E-state index is -3.12. The second kappa shape index (κ2) is 14.1. The molecule has 3 heterocycles. The van der Waals surface area contributed by atoms with Crippen molar-refractivity contribution in [3.8, 4) is 5.75 Å². The van der Waals surface area contributed by atoms with Gasteiger partial charge in [-0.05, 0) is 61.8 Å². The Morgan fingerprint density at radius 3 is 2.52 bits per heavy atom. The molecule has 2 aromatic carbocycles. The van der Waals surface area contributed by atoms with Crippen molar-refractivity contribution in [1.29, 1.82) is 0 Å². The highest BCUT2D eigenvalue weighted by Crippen LogP contribution is 2.24. The molecule has 1 saturated heterocycles. The summed E-state index contributed by atoms with van der Waals surface area (Å²) in [6.45, 7) is 1.66. The van der Waals surface area contributed by atoms with Gasteiger partial charge in [0.2, 0.25) is 17.7 Å². The van der Waals surface area contributed by atoms with E-state index in [1.165, 1.54) is 0 Å². The maximum atomic E-state index is 14.0. The van der Waals surface area contributed by atoms with Crippen LogP contribution in [-0.2, 0) is 27.2 Å². The number of alkyl halides is 2. The van der Waals surface area contributed by atoms with Crippen molar-refractivity contribution in [2.45, 2.75) is 88.8 Å².